The van der Waals surface area contributed by atoms with Gasteiger partial charge < -0.3 is 8.92 Å². The number of rotatable bonds is 9. The number of hydrogen-bond acceptors (Lipinski definition) is 9. The van der Waals surface area contributed by atoms with Gasteiger partial charge in [-0.15, -0.1) is 6.58 Å². The first-order valence-electron chi connectivity index (χ1n) is 11.6. The molecule has 0 bridgehead atoms. The van der Waals surface area contributed by atoms with Crippen LogP contribution in [0.25, 0.3) is 6.08 Å². The molecule has 3 aromatic rings. The number of ether oxygens (including phenoxy) is 1. The molecule has 0 aliphatic carbocycles. The molecule has 1 N–H and O–H groups in total. The molecule has 1 saturated heterocycles. The number of nitrogens with one attached hydrogen (secondary N) is 1. The van der Waals surface area contributed by atoms with Gasteiger partial charge in [-0.3, -0.25) is 25.0 Å². The quantitative estimate of drug-likeness (QED) is 0.0939. The molecule has 0 aromatic heterocycles. The second-order valence-electron chi connectivity index (χ2n) is 8.43. The monoisotopic (exact) mass is 597 g/mol. The highest BCUT2D eigenvalue weighted by Crippen LogP contribution is 2.37. The van der Waals surface area contributed by atoms with Crippen molar-refractivity contribution in [3.8, 4) is 11.5 Å². The number of barbiturate groups is 1. The molecular formula is C27H20ClN3O9S. The second-order valence-corrected chi connectivity index (χ2v) is 10.4. The standard InChI is InChI=1S/C27H20ClN3O9S/c1-3-4-17-13-16(15-23(39-2)24(17)40-41(37,38)21-11-5-18(28)6-12-21)14-22-25(32)29-27(34)30(26(22)33)19-7-9-20(10-8-19)31(35)36/h3,5-15H,1,4H2,2H3,(H,29,32,34)/b22-14+. The summed E-state index contributed by atoms with van der Waals surface area (Å²) < 4.78 is 36.7. The van der Waals surface area contributed by atoms with Crippen molar-refractivity contribution in [2.24, 2.45) is 0 Å². The molecule has 1 aliphatic heterocycles. The van der Waals surface area contributed by atoms with E-state index < -0.39 is 38.5 Å². The van der Waals surface area contributed by atoms with Gasteiger partial charge in [0.05, 0.1) is 17.7 Å². The highest BCUT2D eigenvalue weighted by Gasteiger charge is 2.37. The Bertz CT molecular complexity index is 1720. The van der Waals surface area contributed by atoms with E-state index in [2.05, 4.69) is 11.9 Å². The van der Waals surface area contributed by atoms with Crippen molar-refractivity contribution in [3.63, 3.8) is 0 Å². The van der Waals surface area contributed by atoms with Crippen LogP contribution in [-0.4, -0.2) is 38.3 Å². The number of allylic oxidation sites excluding steroid dienone is 1. The minimum absolute atomic E-state index is 0.00224. The number of imide groups is 2. The van der Waals surface area contributed by atoms with E-state index in [9.17, 15) is 32.9 Å². The molecule has 0 radical (unpaired) electrons. The zero-order valence-electron chi connectivity index (χ0n) is 21.2. The third-order valence-corrected chi connectivity index (χ3v) is 7.25. The largest absolute Gasteiger partial charge is 0.493 e. The molecule has 41 heavy (non-hydrogen) atoms. The number of methoxy groups -OCH3 is 1. The van der Waals surface area contributed by atoms with Crippen LogP contribution in [0.3, 0.4) is 0 Å². The van der Waals surface area contributed by atoms with Gasteiger partial charge in [-0.1, -0.05) is 17.7 Å². The number of carbonyl (C=O) groups is 3. The number of carbonyl (C=O) groups excluding carboxylic acids is 3. The maximum atomic E-state index is 13.3. The number of hydrogen-bond donors (Lipinski definition) is 1. The Morgan fingerprint density at radius 1 is 1.07 bits per heavy atom. The lowest BCUT2D eigenvalue weighted by molar-refractivity contribution is -0.384. The molecule has 0 saturated carbocycles. The molecule has 1 aliphatic rings. The summed E-state index contributed by atoms with van der Waals surface area (Å²) >= 11 is 5.85. The highest BCUT2D eigenvalue weighted by atomic mass is 35.5. The second kappa shape index (κ2) is 11.6. The predicted molar refractivity (Wildman–Crippen MR) is 148 cm³/mol. The topological polar surface area (TPSA) is 162 Å². The lowest BCUT2D eigenvalue weighted by Crippen LogP contribution is -2.54. The maximum Gasteiger partial charge on any atom is 0.339 e. The van der Waals surface area contributed by atoms with E-state index in [1.807, 2.05) is 0 Å². The fraction of sp³-hybridized carbons (Fsp3) is 0.0741. The molecule has 3 aromatic carbocycles. The van der Waals surface area contributed by atoms with E-state index >= 15 is 0 Å². The third kappa shape index (κ3) is 6.10. The van der Waals surface area contributed by atoms with Crippen molar-refractivity contribution in [2.45, 2.75) is 11.3 Å². The molecule has 0 spiro atoms. The lowest BCUT2D eigenvalue weighted by atomic mass is 10.0. The molecule has 14 heteroatoms. The lowest BCUT2D eigenvalue weighted by Gasteiger charge is -2.26. The van der Waals surface area contributed by atoms with E-state index in [-0.39, 0.29) is 39.8 Å². The van der Waals surface area contributed by atoms with Gasteiger partial charge in [-0.05, 0) is 66.6 Å². The van der Waals surface area contributed by atoms with Crippen LogP contribution in [0, 0.1) is 10.1 Å². The van der Waals surface area contributed by atoms with E-state index in [0.717, 1.165) is 12.1 Å². The van der Waals surface area contributed by atoms with Crippen molar-refractivity contribution in [3.05, 3.63) is 105 Å². The summed E-state index contributed by atoms with van der Waals surface area (Å²) in [6, 6.07) is 11.7. The van der Waals surface area contributed by atoms with Crippen LogP contribution in [0.15, 0.2) is 83.8 Å². The van der Waals surface area contributed by atoms with Gasteiger partial charge in [0.2, 0.25) is 0 Å². The Kier molecular flexibility index (Phi) is 8.21. The first kappa shape index (κ1) is 29.0. The molecule has 12 nitrogen and oxygen atoms in total. The average molecular weight is 598 g/mol. The number of halogens is 1. The summed E-state index contributed by atoms with van der Waals surface area (Å²) in [7, 11) is -3.03. The smallest absolute Gasteiger partial charge is 0.339 e. The zero-order valence-corrected chi connectivity index (χ0v) is 22.8. The van der Waals surface area contributed by atoms with Crippen LogP contribution in [0.4, 0.5) is 16.2 Å². The highest BCUT2D eigenvalue weighted by molar-refractivity contribution is 7.87. The van der Waals surface area contributed by atoms with Gasteiger partial charge in [0.1, 0.15) is 10.5 Å². The third-order valence-electron chi connectivity index (χ3n) is 5.77. The zero-order chi connectivity index (χ0) is 29.9. The molecule has 1 fully saturated rings. The molecular weight excluding hydrogens is 578 g/mol. The average Bonchev–Trinajstić information content (AvgIpc) is 2.92. The molecule has 0 atom stereocenters. The Hall–Kier alpha value is -5.01. The summed E-state index contributed by atoms with van der Waals surface area (Å²) in [5, 5.41) is 13.4. The van der Waals surface area contributed by atoms with Crippen LogP contribution >= 0.6 is 11.6 Å². The number of anilines is 1. The molecule has 4 rings (SSSR count). The first-order valence-corrected chi connectivity index (χ1v) is 13.4. The van der Waals surface area contributed by atoms with Crippen LogP contribution < -0.4 is 19.1 Å². The Morgan fingerprint density at radius 3 is 2.32 bits per heavy atom. The summed E-state index contributed by atoms with van der Waals surface area (Å²) in [6.07, 6.45) is 2.79. The summed E-state index contributed by atoms with van der Waals surface area (Å²) in [5.41, 5.74) is -0.149. The van der Waals surface area contributed by atoms with Gasteiger partial charge in [0.25, 0.3) is 17.5 Å². The number of nitrogens with zero attached hydrogens (tertiary/aromatic N) is 2. The van der Waals surface area contributed by atoms with Crippen LogP contribution in [0.1, 0.15) is 11.1 Å². The SMILES string of the molecule is C=CCc1cc(/C=C2\C(=O)NC(=O)N(c3ccc([N+](=O)[O-])cc3)C2=O)cc(OC)c1OS(=O)(=O)c1ccc(Cl)cc1. The van der Waals surface area contributed by atoms with Crippen molar-refractivity contribution < 1.29 is 36.6 Å². The number of amides is 4. The Labute approximate surface area is 238 Å². The fourth-order valence-electron chi connectivity index (χ4n) is 3.86. The van der Waals surface area contributed by atoms with E-state index in [1.54, 1.807) is 0 Å². The van der Waals surface area contributed by atoms with Gasteiger partial charge in [-0.2, -0.15) is 8.42 Å². The number of benzene rings is 3. The van der Waals surface area contributed by atoms with E-state index in [4.69, 9.17) is 20.5 Å². The first-order chi connectivity index (χ1) is 19.4. The summed E-state index contributed by atoms with van der Waals surface area (Å²) in [5.74, 6) is -2.12. The molecule has 4 amide bonds. The Balaban J connectivity index is 1.74. The number of nitro benzene ring substituents is 1. The predicted octanol–water partition coefficient (Wildman–Crippen LogP) is 4.42. The Morgan fingerprint density at radius 2 is 1.73 bits per heavy atom. The van der Waals surface area contributed by atoms with Gasteiger partial charge >= 0.3 is 16.1 Å². The van der Waals surface area contributed by atoms with Crippen LogP contribution in [-0.2, 0) is 26.1 Å². The van der Waals surface area contributed by atoms with Gasteiger partial charge in [0, 0.05) is 22.7 Å². The van der Waals surface area contributed by atoms with Crippen molar-refractivity contribution in [2.75, 3.05) is 12.0 Å². The fourth-order valence-corrected chi connectivity index (χ4v) is 4.96. The van der Waals surface area contributed by atoms with E-state index in [1.165, 1.54) is 67.8 Å². The van der Waals surface area contributed by atoms with E-state index in [0.29, 0.717) is 15.5 Å². The van der Waals surface area contributed by atoms with Crippen LogP contribution in [0.2, 0.25) is 5.02 Å². The van der Waals surface area contributed by atoms with Crippen molar-refractivity contribution in [1.82, 2.24) is 5.32 Å². The molecule has 0 unspecified atom stereocenters. The molecule has 210 valence electrons. The maximum absolute atomic E-state index is 13.3. The summed E-state index contributed by atoms with van der Waals surface area (Å²) in [6.45, 7) is 3.67. The van der Waals surface area contributed by atoms with Gasteiger partial charge in [-0.25, -0.2) is 9.69 Å². The minimum Gasteiger partial charge on any atom is -0.493 e. The number of non-ortho nitro benzene ring substituents is 1. The van der Waals surface area contributed by atoms with Crippen molar-refractivity contribution in [1.29, 1.82) is 0 Å². The van der Waals surface area contributed by atoms with Gasteiger partial charge in [0.15, 0.2) is 11.5 Å². The molecule has 1 heterocycles. The number of nitro groups is 1. The van der Waals surface area contributed by atoms with Crippen molar-refractivity contribution >= 4 is 57.0 Å². The minimum atomic E-state index is -4.31. The number of urea groups is 1. The van der Waals surface area contributed by atoms with Crippen LogP contribution in [0.5, 0.6) is 11.5 Å². The normalized spacial score (nSPS) is 14.5. The summed E-state index contributed by atoms with van der Waals surface area (Å²) in [4.78, 5) is 49.2.